The zero-order valence-corrected chi connectivity index (χ0v) is 23.0. The molecule has 206 valence electrons. The number of likely N-dealkylation sites (tertiary alicyclic amines) is 1. The van der Waals surface area contributed by atoms with E-state index < -0.39 is 15.4 Å². The molecular weight excluding hydrogens is 511 g/mol. The van der Waals surface area contributed by atoms with Crippen LogP contribution >= 0.6 is 0 Å². The summed E-state index contributed by atoms with van der Waals surface area (Å²) in [5.74, 6) is -0.101. The van der Waals surface area contributed by atoms with Gasteiger partial charge in [0.1, 0.15) is 11.5 Å². The molecule has 1 spiro atoms. The van der Waals surface area contributed by atoms with Gasteiger partial charge in [-0.1, -0.05) is 5.16 Å². The summed E-state index contributed by atoms with van der Waals surface area (Å²) in [4.78, 5) is 17.0. The summed E-state index contributed by atoms with van der Waals surface area (Å²) in [6, 6.07) is 5.24. The van der Waals surface area contributed by atoms with Gasteiger partial charge in [0.05, 0.1) is 12.3 Å². The normalized spacial score (nSPS) is 26.7. The van der Waals surface area contributed by atoms with Crippen molar-refractivity contribution in [3.8, 4) is 0 Å². The van der Waals surface area contributed by atoms with Crippen molar-refractivity contribution in [3.05, 3.63) is 41.0 Å². The summed E-state index contributed by atoms with van der Waals surface area (Å²) >= 11 is 0. The predicted molar refractivity (Wildman–Crippen MR) is 138 cm³/mol. The molecule has 4 aliphatic heterocycles. The van der Waals surface area contributed by atoms with E-state index in [9.17, 15) is 17.6 Å². The standard InChI is InChI=1S/C27H35FN4O5S/c1-4-36-26(33)32-20-6-7-21(32)15-22(14-20)30-11-9-27(10-12-30)16-31(24-8-5-19(28)13-23(24)27)38(34,35)25-17(2)29-37-18(25)3/h5,8,13,20-22H,4,6-7,9-12,14-16H2,1-3H3. The van der Waals surface area contributed by atoms with Crippen LogP contribution in [0.2, 0.25) is 0 Å². The number of sulfonamides is 1. The number of carbonyl (C=O) groups excluding carboxylic acids is 1. The number of fused-ring (bicyclic) bond motifs is 4. The Morgan fingerprint density at radius 1 is 1.16 bits per heavy atom. The van der Waals surface area contributed by atoms with Gasteiger partial charge in [-0.2, -0.15) is 0 Å². The molecular formula is C27H35FN4O5S. The third-order valence-corrected chi connectivity index (χ3v) is 11.2. The van der Waals surface area contributed by atoms with Crippen molar-refractivity contribution < 1.29 is 26.9 Å². The summed E-state index contributed by atoms with van der Waals surface area (Å²) in [6.07, 6.45) is 5.17. The molecule has 3 fully saturated rings. The third kappa shape index (κ3) is 3.92. The van der Waals surface area contributed by atoms with Gasteiger partial charge >= 0.3 is 6.09 Å². The first-order chi connectivity index (χ1) is 18.1. The quantitative estimate of drug-likeness (QED) is 0.569. The number of ether oxygens (including phenoxy) is 1. The highest BCUT2D eigenvalue weighted by Gasteiger charge is 2.51. The van der Waals surface area contributed by atoms with Crippen molar-refractivity contribution in [3.63, 3.8) is 0 Å². The molecule has 0 N–H and O–H groups in total. The maximum absolute atomic E-state index is 14.5. The number of benzene rings is 1. The molecule has 11 heteroatoms. The fourth-order valence-corrected chi connectivity index (χ4v) is 9.32. The zero-order chi connectivity index (χ0) is 26.8. The molecule has 4 aliphatic rings. The van der Waals surface area contributed by atoms with Gasteiger partial charge in [-0.3, -0.25) is 4.31 Å². The molecule has 0 aliphatic carbocycles. The highest BCUT2D eigenvalue weighted by Crippen LogP contribution is 2.50. The number of piperidine rings is 2. The molecule has 3 saturated heterocycles. The summed E-state index contributed by atoms with van der Waals surface area (Å²) in [7, 11) is -3.93. The number of anilines is 1. The van der Waals surface area contributed by atoms with Crippen LogP contribution in [0.1, 0.15) is 62.5 Å². The zero-order valence-electron chi connectivity index (χ0n) is 22.2. The molecule has 2 atom stereocenters. The second-order valence-electron chi connectivity index (χ2n) is 11.3. The van der Waals surface area contributed by atoms with E-state index >= 15 is 0 Å². The molecule has 1 aromatic heterocycles. The molecule has 38 heavy (non-hydrogen) atoms. The Hall–Kier alpha value is -2.66. The lowest BCUT2D eigenvalue weighted by atomic mass is 9.73. The average molecular weight is 547 g/mol. The van der Waals surface area contributed by atoms with Crippen molar-refractivity contribution in [2.75, 3.05) is 30.5 Å². The van der Waals surface area contributed by atoms with Gasteiger partial charge in [-0.15, -0.1) is 0 Å². The van der Waals surface area contributed by atoms with Crippen LogP contribution in [0.5, 0.6) is 0 Å². The second-order valence-corrected chi connectivity index (χ2v) is 13.1. The van der Waals surface area contributed by atoms with Crippen LogP contribution in [0.4, 0.5) is 14.9 Å². The minimum atomic E-state index is -3.93. The predicted octanol–water partition coefficient (Wildman–Crippen LogP) is 4.12. The highest BCUT2D eigenvalue weighted by molar-refractivity contribution is 7.93. The molecule has 5 heterocycles. The van der Waals surface area contributed by atoms with Crippen LogP contribution in [0.3, 0.4) is 0 Å². The van der Waals surface area contributed by atoms with Crippen molar-refractivity contribution in [2.24, 2.45) is 0 Å². The van der Waals surface area contributed by atoms with Gasteiger partial charge in [0.25, 0.3) is 10.0 Å². The van der Waals surface area contributed by atoms with Gasteiger partial charge in [0, 0.05) is 30.1 Å². The number of amides is 1. The van der Waals surface area contributed by atoms with Crippen molar-refractivity contribution in [2.45, 2.75) is 87.7 Å². The summed E-state index contributed by atoms with van der Waals surface area (Å²) in [6.45, 7) is 7.33. The average Bonchev–Trinajstić information content (AvgIpc) is 3.49. The molecule has 9 nitrogen and oxygen atoms in total. The van der Waals surface area contributed by atoms with E-state index in [1.807, 2.05) is 11.8 Å². The van der Waals surface area contributed by atoms with E-state index in [-0.39, 0.29) is 41.2 Å². The number of nitrogens with zero attached hydrogens (tertiary/aromatic N) is 4. The van der Waals surface area contributed by atoms with E-state index in [1.165, 1.54) is 16.4 Å². The number of aryl methyl sites for hydroxylation is 2. The lowest BCUT2D eigenvalue weighted by molar-refractivity contribution is 0.0283. The first-order valence-electron chi connectivity index (χ1n) is 13.6. The Bertz CT molecular complexity index is 1320. The Morgan fingerprint density at radius 2 is 1.84 bits per heavy atom. The van der Waals surface area contributed by atoms with Crippen molar-refractivity contribution in [1.29, 1.82) is 0 Å². The number of hydrogen-bond acceptors (Lipinski definition) is 7. The SMILES string of the molecule is CCOC(=O)N1C2CCC1CC(N1CCC3(CC1)CN(S(=O)(=O)c1c(C)noc1C)c1ccc(F)cc13)C2. The minimum Gasteiger partial charge on any atom is -0.450 e. The molecule has 2 aromatic rings. The number of hydrogen-bond donors (Lipinski definition) is 0. The fourth-order valence-electron chi connectivity index (χ4n) is 7.45. The summed E-state index contributed by atoms with van der Waals surface area (Å²) in [5, 5.41) is 3.85. The Kier molecular flexibility index (Phi) is 6.21. The summed E-state index contributed by atoms with van der Waals surface area (Å²) in [5.41, 5.74) is 1.18. The van der Waals surface area contributed by atoms with Gasteiger partial charge in [-0.25, -0.2) is 17.6 Å². The van der Waals surface area contributed by atoms with Gasteiger partial charge in [0.15, 0.2) is 10.7 Å². The van der Waals surface area contributed by atoms with Crippen molar-refractivity contribution in [1.82, 2.24) is 15.0 Å². The lowest BCUT2D eigenvalue weighted by Crippen LogP contribution is -2.55. The van der Waals surface area contributed by atoms with E-state index in [0.717, 1.165) is 57.2 Å². The Labute approximate surface area is 222 Å². The third-order valence-electron chi connectivity index (χ3n) is 9.22. The van der Waals surface area contributed by atoms with Crippen LogP contribution < -0.4 is 4.31 Å². The number of rotatable bonds is 4. The van der Waals surface area contributed by atoms with E-state index in [2.05, 4.69) is 10.1 Å². The minimum absolute atomic E-state index is 0.0890. The molecule has 6 rings (SSSR count). The largest absolute Gasteiger partial charge is 0.450 e. The van der Waals surface area contributed by atoms with Gasteiger partial charge in [-0.05, 0) is 96.1 Å². The van der Waals surface area contributed by atoms with Crippen LogP contribution in [-0.2, 0) is 20.2 Å². The molecule has 1 amide bonds. The van der Waals surface area contributed by atoms with Crippen molar-refractivity contribution >= 4 is 21.8 Å². The Morgan fingerprint density at radius 3 is 2.45 bits per heavy atom. The van der Waals surface area contributed by atoms with Crippen LogP contribution in [0, 0.1) is 19.7 Å². The summed E-state index contributed by atoms with van der Waals surface area (Å²) < 4.78 is 54.0. The smallest absolute Gasteiger partial charge is 0.410 e. The number of halogens is 1. The van der Waals surface area contributed by atoms with E-state index in [1.54, 1.807) is 19.9 Å². The Balaban J connectivity index is 1.22. The van der Waals surface area contributed by atoms with Crippen LogP contribution in [-0.4, -0.2) is 73.8 Å². The van der Waals surface area contributed by atoms with Gasteiger partial charge < -0.3 is 19.1 Å². The maximum atomic E-state index is 14.5. The molecule has 0 radical (unpaired) electrons. The monoisotopic (exact) mass is 546 g/mol. The fraction of sp³-hybridized carbons (Fsp3) is 0.630. The molecule has 1 aromatic carbocycles. The molecule has 0 saturated carbocycles. The topological polar surface area (TPSA) is 96.2 Å². The lowest BCUT2D eigenvalue weighted by Gasteiger charge is -2.47. The van der Waals surface area contributed by atoms with Crippen LogP contribution in [0.25, 0.3) is 0 Å². The van der Waals surface area contributed by atoms with Crippen LogP contribution in [0.15, 0.2) is 27.6 Å². The second kappa shape index (κ2) is 9.22. The first kappa shape index (κ1) is 25.6. The number of aromatic nitrogens is 1. The molecule has 2 unspecified atom stereocenters. The number of carbonyl (C=O) groups is 1. The maximum Gasteiger partial charge on any atom is 0.410 e. The molecule has 2 bridgehead atoms. The van der Waals surface area contributed by atoms with Gasteiger partial charge in [0.2, 0.25) is 0 Å². The van der Waals surface area contributed by atoms with E-state index in [0.29, 0.717) is 24.0 Å². The highest BCUT2D eigenvalue weighted by atomic mass is 32.2. The first-order valence-corrected chi connectivity index (χ1v) is 15.0. The van der Waals surface area contributed by atoms with E-state index in [4.69, 9.17) is 9.26 Å².